The van der Waals surface area contributed by atoms with Gasteiger partial charge >= 0.3 is 0 Å². The molecule has 0 aromatic carbocycles. The summed E-state index contributed by atoms with van der Waals surface area (Å²) < 4.78 is 11.6. The smallest absolute Gasteiger partial charge is 0.170 e. The van der Waals surface area contributed by atoms with Crippen LogP contribution in [0.25, 0.3) is 0 Å². The standard InChI is InChI=1S/C9H16O2S/c1-12-8-7-10-9(11-8)5-3-2-4-6-9/h8H,2-7H2,1H3. The van der Waals surface area contributed by atoms with Crippen molar-refractivity contribution in [2.75, 3.05) is 12.9 Å². The molecule has 1 heterocycles. The normalized spacial score (nSPS) is 34.2. The minimum Gasteiger partial charge on any atom is -0.346 e. The van der Waals surface area contributed by atoms with E-state index in [-0.39, 0.29) is 11.2 Å². The van der Waals surface area contributed by atoms with E-state index in [9.17, 15) is 0 Å². The molecule has 0 aromatic rings. The van der Waals surface area contributed by atoms with E-state index in [1.165, 1.54) is 19.3 Å². The fourth-order valence-corrected chi connectivity index (χ4v) is 2.47. The molecule has 0 aromatic heterocycles. The summed E-state index contributed by atoms with van der Waals surface area (Å²) in [6, 6.07) is 0. The van der Waals surface area contributed by atoms with Crippen LogP contribution in [0.4, 0.5) is 0 Å². The lowest BCUT2D eigenvalue weighted by Gasteiger charge is -2.31. The second-order valence-corrected chi connectivity index (χ2v) is 4.56. The Morgan fingerprint density at radius 2 is 2.00 bits per heavy atom. The summed E-state index contributed by atoms with van der Waals surface area (Å²) in [5.74, 6) is -0.175. The van der Waals surface area contributed by atoms with Gasteiger partial charge in [0.05, 0.1) is 6.61 Å². The first-order valence-electron chi connectivity index (χ1n) is 4.69. The van der Waals surface area contributed by atoms with Crippen molar-refractivity contribution in [3.05, 3.63) is 0 Å². The van der Waals surface area contributed by atoms with Crippen molar-refractivity contribution in [1.29, 1.82) is 0 Å². The zero-order chi connectivity index (χ0) is 8.44. The van der Waals surface area contributed by atoms with Crippen molar-refractivity contribution in [3.8, 4) is 0 Å². The maximum Gasteiger partial charge on any atom is 0.170 e. The Morgan fingerprint density at radius 3 is 2.58 bits per heavy atom. The number of hydrogen-bond donors (Lipinski definition) is 0. The summed E-state index contributed by atoms with van der Waals surface area (Å²) in [6.07, 6.45) is 8.16. The second-order valence-electron chi connectivity index (χ2n) is 3.57. The zero-order valence-corrected chi connectivity index (χ0v) is 8.36. The largest absolute Gasteiger partial charge is 0.346 e. The van der Waals surface area contributed by atoms with Crippen LogP contribution in [-0.4, -0.2) is 24.1 Å². The molecular weight excluding hydrogens is 172 g/mol. The summed E-state index contributed by atoms with van der Waals surface area (Å²) in [5.41, 5.74) is 0.281. The molecule has 0 radical (unpaired) electrons. The van der Waals surface area contributed by atoms with Crippen LogP contribution >= 0.6 is 11.8 Å². The van der Waals surface area contributed by atoms with Crippen molar-refractivity contribution in [2.24, 2.45) is 0 Å². The molecule has 1 spiro atoms. The SMILES string of the molecule is CSC1COC2(CCCCC2)O1. The lowest BCUT2D eigenvalue weighted by molar-refractivity contribution is -0.179. The molecule has 2 rings (SSSR count). The molecule has 1 atom stereocenters. The van der Waals surface area contributed by atoms with Gasteiger partial charge in [-0.25, -0.2) is 0 Å². The van der Waals surface area contributed by atoms with E-state index >= 15 is 0 Å². The average molecular weight is 188 g/mol. The highest BCUT2D eigenvalue weighted by Crippen LogP contribution is 2.39. The monoisotopic (exact) mass is 188 g/mol. The molecule has 0 N–H and O–H groups in total. The van der Waals surface area contributed by atoms with E-state index in [1.807, 2.05) is 0 Å². The molecule has 0 bridgehead atoms. The van der Waals surface area contributed by atoms with E-state index in [4.69, 9.17) is 9.47 Å². The first-order valence-corrected chi connectivity index (χ1v) is 5.98. The lowest BCUT2D eigenvalue weighted by Crippen LogP contribution is -2.32. The van der Waals surface area contributed by atoms with Gasteiger partial charge in [-0.3, -0.25) is 0 Å². The van der Waals surface area contributed by atoms with Crippen LogP contribution in [0.3, 0.4) is 0 Å². The maximum atomic E-state index is 5.88. The van der Waals surface area contributed by atoms with E-state index in [1.54, 1.807) is 11.8 Å². The zero-order valence-electron chi connectivity index (χ0n) is 7.54. The summed E-state index contributed by atoms with van der Waals surface area (Å²) in [5, 5.41) is 0. The van der Waals surface area contributed by atoms with Crippen molar-refractivity contribution in [2.45, 2.75) is 43.3 Å². The molecule has 2 fully saturated rings. The van der Waals surface area contributed by atoms with Crippen molar-refractivity contribution >= 4 is 11.8 Å². The van der Waals surface area contributed by atoms with Crippen molar-refractivity contribution < 1.29 is 9.47 Å². The van der Waals surface area contributed by atoms with E-state index in [2.05, 4.69) is 6.26 Å². The predicted octanol–water partition coefficient (Wildman–Crippen LogP) is 2.38. The number of hydrogen-bond acceptors (Lipinski definition) is 3. The first kappa shape index (κ1) is 8.85. The molecule has 1 saturated heterocycles. The lowest BCUT2D eigenvalue weighted by atomic mass is 9.94. The van der Waals surface area contributed by atoms with E-state index in [0.717, 1.165) is 19.4 Å². The fourth-order valence-electron chi connectivity index (χ4n) is 2.00. The highest BCUT2D eigenvalue weighted by molar-refractivity contribution is 7.99. The molecule has 2 aliphatic rings. The van der Waals surface area contributed by atoms with Crippen LogP contribution in [0.1, 0.15) is 32.1 Å². The summed E-state index contributed by atoms with van der Waals surface area (Å²) in [7, 11) is 0. The van der Waals surface area contributed by atoms with Crippen LogP contribution < -0.4 is 0 Å². The summed E-state index contributed by atoms with van der Waals surface area (Å²) in [4.78, 5) is 0. The molecule has 12 heavy (non-hydrogen) atoms. The van der Waals surface area contributed by atoms with Gasteiger partial charge in [0.15, 0.2) is 5.79 Å². The number of thioether (sulfide) groups is 1. The molecule has 1 saturated carbocycles. The Labute approximate surface area is 78.0 Å². The van der Waals surface area contributed by atoms with Gasteiger partial charge in [-0.15, -0.1) is 11.8 Å². The van der Waals surface area contributed by atoms with Gasteiger partial charge in [-0.05, 0) is 19.1 Å². The van der Waals surface area contributed by atoms with Gasteiger partial charge < -0.3 is 9.47 Å². The molecule has 1 aliphatic carbocycles. The molecule has 0 amide bonds. The van der Waals surface area contributed by atoms with Crippen molar-refractivity contribution in [3.63, 3.8) is 0 Å². The average Bonchev–Trinajstić information content (AvgIpc) is 2.50. The van der Waals surface area contributed by atoms with Crippen LogP contribution in [0.5, 0.6) is 0 Å². The van der Waals surface area contributed by atoms with Crippen LogP contribution in [-0.2, 0) is 9.47 Å². The second kappa shape index (κ2) is 3.56. The van der Waals surface area contributed by atoms with E-state index < -0.39 is 0 Å². The van der Waals surface area contributed by atoms with Crippen molar-refractivity contribution in [1.82, 2.24) is 0 Å². The third-order valence-electron chi connectivity index (χ3n) is 2.71. The van der Waals surface area contributed by atoms with Crippen LogP contribution in [0.2, 0.25) is 0 Å². The van der Waals surface area contributed by atoms with Gasteiger partial charge in [0, 0.05) is 12.8 Å². The number of rotatable bonds is 1. The quantitative estimate of drug-likeness (QED) is 0.629. The Kier molecular flexibility index (Phi) is 2.63. The molecule has 2 nitrogen and oxygen atoms in total. The fraction of sp³-hybridized carbons (Fsp3) is 1.00. The van der Waals surface area contributed by atoms with Gasteiger partial charge in [-0.2, -0.15) is 0 Å². The summed E-state index contributed by atoms with van der Waals surface area (Å²) >= 11 is 1.75. The Morgan fingerprint density at radius 1 is 1.25 bits per heavy atom. The van der Waals surface area contributed by atoms with Gasteiger partial charge in [0.1, 0.15) is 5.44 Å². The number of ether oxygens (including phenoxy) is 2. The summed E-state index contributed by atoms with van der Waals surface area (Å²) in [6.45, 7) is 0.779. The first-order chi connectivity index (χ1) is 5.85. The highest BCUT2D eigenvalue weighted by atomic mass is 32.2. The minimum absolute atomic E-state index is 0.175. The third-order valence-corrected chi connectivity index (χ3v) is 3.47. The van der Waals surface area contributed by atoms with Gasteiger partial charge in [0.25, 0.3) is 0 Å². The topological polar surface area (TPSA) is 18.5 Å². The Bertz CT molecular complexity index is 155. The maximum absolute atomic E-state index is 5.88. The molecule has 3 heteroatoms. The minimum atomic E-state index is -0.175. The molecule has 1 aliphatic heterocycles. The highest BCUT2D eigenvalue weighted by Gasteiger charge is 2.41. The van der Waals surface area contributed by atoms with Crippen LogP contribution in [0.15, 0.2) is 0 Å². The predicted molar refractivity (Wildman–Crippen MR) is 50.2 cm³/mol. The van der Waals surface area contributed by atoms with Gasteiger partial charge in [0.2, 0.25) is 0 Å². The Hall–Kier alpha value is 0.270. The van der Waals surface area contributed by atoms with E-state index in [0.29, 0.717) is 0 Å². The molecule has 1 unspecified atom stereocenters. The molecule has 70 valence electrons. The molecular formula is C9H16O2S. The van der Waals surface area contributed by atoms with Gasteiger partial charge in [-0.1, -0.05) is 6.42 Å². The van der Waals surface area contributed by atoms with Crippen LogP contribution in [0, 0.1) is 0 Å². The Balaban J connectivity index is 1.94. The third kappa shape index (κ3) is 1.63.